The van der Waals surface area contributed by atoms with E-state index in [1.807, 2.05) is 13.8 Å². The summed E-state index contributed by atoms with van der Waals surface area (Å²) in [5, 5.41) is 0.284. The van der Waals surface area contributed by atoms with Crippen LogP contribution in [0.1, 0.15) is 24.3 Å². The molecule has 0 aliphatic heterocycles. The van der Waals surface area contributed by atoms with Crippen molar-refractivity contribution in [3.63, 3.8) is 0 Å². The molecule has 1 N–H and O–H groups in total. The van der Waals surface area contributed by atoms with E-state index in [-0.39, 0.29) is 10.8 Å². The number of nitrogens with zero attached hydrogens (tertiary/aromatic N) is 1. The second-order valence-electron chi connectivity index (χ2n) is 3.48. The first-order valence-corrected chi connectivity index (χ1v) is 5.02. The highest BCUT2D eigenvalue weighted by Crippen LogP contribution is 2.04. The van der Waals surface area contributed by atoms with Crippen molar-refractivity contribution in [1.82, 2.24) is 10.5 Å². The largest absolute Gasteiger partial charge is 0.293 e. The van der Waals surface area contributed by atoms with E-state index >= 15 is 0 Å². The molecule has 1 rings (SSSR count). The number of halogens is 1. The van der Waals surface area contributed by atoms with Gasteiger partial charge in [0, 0.05) is 0 Å². The number of hydrogen-bond donors (Lipinski definition) is 1. The van der Waals surface area contributed by atoms with E-state index in [1.165, 1.54) is 0 Å². The third-order valence-corrected chi connectivity index (χ3v) is 1.74. The van der Waals surface area contributed by atoms with E-state index in [0.29, 0.717) is 12.5 Å². The number of pyridine rings is 1. The minimum absolute atomic E-state index is 0.242. The lowest BCUT2D eigenvalue weighted by atomic mass is 10.2. The van der Waals surface area contributed by atoms with Crippen LogP contribution in [0.2, 0.25) is 5.15 Å². The van der Waals surface area contributed by atoms with Crippen LogP contribution in [0.25, 0.3) is 0 Å². The summed E-state index contributed by atoms with van der Waals surface area (Å²) < 4.78 is 0. The first-order valence-electron chi connectivity index (χ1n) is 4.64. The van der Waals surface area contributed by atoms with Gasteiger partial charge in [0.2, 0.25) is 0 Å². The summed E-state index contributed by atoms with van der Waals surface area (Å²) >= 11 is 5.64. The van der Waals surface area contributed by atoms with Gasteiger partial charge in [-0.2, -0.15) is 0 Å². The van der Waals surface area contributed by atoms with Crippen LogP contribution in [0.5, 0.6) is 0 Å². The topological polar surface area (TPSA) is 51.2 Å². The van der Waals surface area contributed by atoms with Crippen LogP contribution < -0.4 is 5.48 Å². The van der Waals surface area contributed by atoms with Crippen molar-refractivity contribution in [2.24, 2.45) is 5.92 Å². The Bertz CT molecular complexity index is 342. The zero-order chi connectivity index (χ0) is 11.3. The number of hydrogen-bond acceptors (Lipinski definition) is 3. The molecule has 82 valence electrons. The van der Waals surface area contributed by atoms with E-state index in [0.717, 1.165) is 0 Å². The third-order valence-electron chi connectivity index (χ3n) is 1.53. The molecule has 0 unspecified atom stereocenters. The third kappa shape index (κ3) is 4.27. The number of carbonyl (C=O) groups is 1. The van der Waals surface area contributed by atoms with Gasteiger partial charge in [0.15, 0.2) is 0 Å². The van der Waals surface area contributed by atoms with Crippen LogP contribution in [-0.2, 0) is 4.84 Å². The molecule has 0 fully saturated rings. The Balaban J connectivity index is 2.47. The Labute approximate surface area is 93.6 Å². The van der Waals surface area contributed by atoms with Gasteiger partial charge >= 0.3 is 0 Å². The van der Waals surface area contributed by atoms with Gasteiger partial charge in [-0.15, -0.1) is 0 Å². The van der Waals surface area contributed by atoms with Gasteiger partial charge in [-0.1, -0.05) is 31.5 Å². The van der Waals surface area contributed by atoms with Crippen LogP contribution in [0.15, 0.2) is 18.2 Å². The molecule has 0 saturated heterocycles. The zero-order valence-electron chi connectivity index (χ0n) is 8.66. The highest BCUT2D eigenvalue weighted by atomic mass is 35.5. The first kappa shape index (κ1) is 11.9. The van der Waals surface area contributed by atoms with Crippen LogP contribution in [0.4, 0.5) is 0 Å². The quantitative estimate of drug-likeness (QED) is 0.634. The predicted octanol–water partition coefficient (Wildman–Crippen LogP) is 2.05. The lowest BCUT2D eigenvalue weighted by molar-refractivity contribution is 0.0205. The summed E-state index contributed by atoms with van der Waals surface area (Å²) in [6, 6.07) is 4.83. The second-order valence-corrected chi connectivity index (χ2v) is 3.87. The number of rotatable bonds is 4. The number of carbonyl (C=O) groups excluding carboxylic acids is 1. The summed E-state index contributed by atoms with van der Waals surface area (Å²) in [4.78, 5) is 20.2. The molecule has 0 spiro atoms. The fourth-order valence-corrected chi connectivity index (χ4v) is 1.02. The minimum atomic E-state index is -0.391. The van der Waals surface area contributed by atoms with Crippen molar-refractivity contribution in [2.75, 3.05) is 6.61 Å². The fraction of sp³-hybridized carbons (Fsp3) is 0.400. The van der Waals surface area contributed by atoms with Gasteiger partial charge in [-0.25, -0.2) is 10.5 Å². The standard InChI is InChI=1S/C10H13ClN2O2/c1-7(2)6-15-13-10(14)8-4-3-5-9(11)12-8/h3-5,7H,6H2,1-2H3,(H,13,14). The summed E-state index contributed by atoms with van der Waals surface area (Å²) in [5.41, 5.74) is 2.54. The molecule has 1 amide bonds. The van der Waals surface area contributed by atoms with Crippen molar-refractivity contribution in [2.45, 2.75) is 13.8 Å². The van der Waals surface area contributed by atoms with Crippen molar-refractivity contribution < 1.29 is 9.63 Å². The van der Waals surface area contributed by atoms with E-state index in [4.69, 9.17) is 16.4 Å². The Hall–Kier alpha value is -1.13. The molecule has 0 aromatic carbocycles. The van der Waals surface area contributed by atoms with Crippen molar-refractivity contribution in [3.05, 3.63) is 29.0 Å². The first-order chi connectivity index (χ1) is 7.09. The van der Waals surface area contributed by atoms with Crippen molar-refractivity contribution in [1.29, 1.82) is 0 Å². The Morgan fingerprint density at radius 3 is 2.93 bits per heavy atom. The molecule has 0 aliphatic carbocycles. The van der Waals surface area contributed by atoms with Gasteiger partial charge in [-0.05, 0) is 18.1 Å². The van der Waals surface area contributed by atoms with Crippen LogP contribution in [0, 0.1) is 5.92 Å². The molecular formula is C10H13ClN2O2. The van der Waals surface area contributed by atoms with Crippen LogP contribution >= 0.6 is 11.6 Å². The van der Waals surface area contributed by atoms with Crippen molar-refractivity contribution in [3.8, 4) is 0 Å². The van der Waals surface area contributed by atoms with Gasteiger partial charge in [-0.3, -0.25) is 9.63 Å². The zero-order valence-corrected chi connectivity index (χ0v) is 9.41. The monoisotopic (exact) mass is 228 g/mol. The summed E-state index contributed by atoms with van der Waals surface area (Å²) in [6.45, 7) is 4.44. The number of amides is 1. The molecule has 0 saturated carbocycles. The van der Waals surface area contributed by atoms with E-state index in [2.05, 4.69) is 10.5 Å². The molecule has 1 aromatic heterocycles. The molecule has 0 aliphatic rings. The predicted molar refractivity (Wildman–Crippen MR) is 57.5 cm³/mol. The van der Waals surface area contributed by atoms with Crippen LogP contribution in [0.3, 0.4) is 0 Å². The number of aromatic nitrogens is 1. The Morgan fingerprint density at radius 1 is 1.60 bits per heavy atom. The van der Waals surface area contributed by atoms with Gasteiger partial charge < -0.3 is 0 Å². The molecule has 0 bridgehead atoms. The second kappa shape index (κ2) is 5.68. The molecule has 1 heterocycles. The fourth-order valence-electron chi connectivity index (χ4n) is 0.861. The van der Waals surface area contributed by atoms with E-state index in [9.17, 15) is 4.79 Å². The molecular weight excluding hydrogens is 216 g/mol. The van der Waals surface area contributed by atoms with E-state index < -0.39 is 5.91 Å². The maximum absolute atomic E-state index is 11.4. The summed E-state index contributed by atoms with van der Waals surface area (Å²) in [7, 11) is 0. The van der Waals surface area contributed by atoms with Gasteiger partial charge in [0.1, 0.15) is 10.8 Å². The SMILES string of the molecule is CC(C)CONC(=O)c1cccc(Cl)n1. The minimum Gasteiger partial charge on any atom is -0.273 e. The van der Waals surface area contributed by atoms with E-state index in [1.54, 1.807) is 18.2 Å². The molecule has 15 heavy (non-hydrogen) atoms. The molecule has 5 heteroatoms. The van der Waals surface area contributed by atoms with Crippen LogP contribution in [-0.4, -0.2) is 17.5 Å². The number of hydroxylamine groups is 1. The molecule has 4 nitrogen and oxygen atoms in total. The Morgan fingerprint density at radius 2 is 2.33 bits per heavy atom. The lowest BCUT2D eigenvalue weighted by Gasteiger charge is -2.07. The summed E-state index contributed by atoms with van der Waals surface area (Å²) in [5.74, 6) is -0.0317. The maximum Gasteiger partial charge on any atom is 0.293 e. The molecule has 0 radical (unpaired) electrons. The smallest absolute Gasteiger partial charge is 0.273 e. The lowest BCUT2D eigenvalue weighted by Crippen LogP contribution is -2.26. The highest BCUT2D eigenvalue weighted by molar-refractivity contribution is 6.29. The number of nitrogens with one attached hydrogen (secondary N) is 1. The van der Waals surface area contributed by atoms with Crippen molar-refractivity contribution >= 4 is 17.5 Å². The summed E-state index contributed by atoms with van der Waals surface area (Å²) in [6.07, 6.45) is 0. The molecule has 0 atom stereocenters. The highest BCUT2D eigenvalue weighted by Gasteiger charge is 2.07. The van der Waals surface area contributed by atoms with Gasteiger partial charge in [0.25, 0.3) is 5.91 Å². The molecule has 1 aromatic rings. The maximum atomic E-state index is 11.4. The Kier molecular flexibility index (Phi) is 4.52. The van der Waals surface area contributed by atoms with Gasteiger partial charge in [0.05, 0.1) is 6.61 Å². The average Bonchev–Trinajstić information content (AvgIpc) is 2.17. The average molecular weight is 229 g/mol. The normalized spacial score (nSPS) is 10.4.